The van der Waals surface area contributed by atoms with Gasteiger partial charge in [-0.1, -0.05) is 0 Å². The summed E-state index contributed by atoms with van der Waals surface area (Å²) >= 11 is 0. The van der Waals surface area contributed by atoms with Gasteiger partial charge in [-0.25, -0.2) is 8.42 Å². The van der Waals surface area contributed by atoms with Crippen LogP contribution in [0.2, 0.25) is 0 Å². The Labute approximate surface area is 126 Å². The monoisotopic (exact) mass is 316 g/mol. The summed E-state index contributed by atoms with van der Waals surface area (Å²) in [6.07, 6.45) is 2.14. The van der Waals surface area contributed by atoms with Crippen LogP contribution in [0.3, 0.4) is 0 Å². The molecule has 0 aromatic rings. The van der Waals surface area contributed by atoms with Gasteiger partial charge in [-0.15, -0.1) is 0 Å². The summed E-state index contributed by atoms with van der Waals surface area (Å²) < 4.78 is 23.2. The summed E-state index contributed by atoms with van der Waals surface area (Å²) in [5, 5.41) is 0. The van der Waals surface area contributed by atoms with Crippen molar-refractivity contribution in [3.8, 4) is 0 Å². The van der Waals surface area contributed by atoms with E-state index in [0.717, 1.165) is 12.8 Å². The highest BCUT2D eigenvalue weighted by Crippen LogP contribution is 2.24. The number of carbonyl (C=O) groups is 2. The Kier molecular flexibility index (Phi) is 4.91. The molecule has 0 aromatic heterocycles. The van der Waals surface area contributed by atoms with Crippen molar-refractivity contribution < 1.29 is 18.0 Å². The lowest BCUT2D eigenvalue weighted by atomic mass is 9.95. The number of nitrogens with zero attached hydrogens (tertiary/aromatic N) is 2. The van der Waals surface area contributed by atoms with Crippen LogP contribution in [0.25, 0.3) is 0 Å². The number of rotatable bonds is 3. The molecule has 2 amide bonds. The average Bonchev–Trinajstić information content (AvgIpc) is 2.79. The van der Waals surface area contributed by atoms with E-state index < -0.39 is 9.84 Å². The second-order valence-electron chi connectivity index (χ2n) is 5.99. The predicted octanol–water partition coefficient (Wildman–Crippen LogP) is 0.281. The van der Waals surface area contributed by atoms with Crippen molar-refractivity contribution >= 4 is 21.7 Å². The molecular weight excluding hydrogens is 292 g/mol. The maximum atomic E-state index is 12.7. The summed E-state index contributed by atoms with van der Waals surface area (Å²) in [4.78, 5) is 27.6. The quantitative estimate of drug-likeness (QED) is 0.749. The third-order valence-corrected chi connectivity index (χ3v) is 6.24. The minimum atomic E-state index is -3.00. The topological polar surface area (TPSA) is 74.8 Å². The fraction of sp³-hybridized carbons (Fsp3) is 0.857. The van der Waals surface area contributed by atoms with Gasteiger partial charge in [0.05, 0.1) is 17.4 Å². The Hall–Kier alpha value is -1.11. The Morgan fingerprint density at radius 2 is 2.00 bits per heavy atom. The minimum Gasteiger partial charge on any atom is -0.342 e. The van der Waals surface area contributed by atoms with E-state index in [0.29, 0.717) is 26.1 Å². The van der Waals surface area contributed by atoms with E-state index in [1.165, 1.54) is 6.92 Å². The summed E-state index contributed by atoms with van der Waals surface area (Å²) in [6.45, 7) is 5.10. The Morgan fingerprint density at radius 1 is 1.29 bits per heavy atom. The van der Waals surface area contributed by atoms with Gasteiger partial charge in [0.25, 0.3) is 0 Å². The third kappa shape index (κ3) is 3.75. The molecule has 2 fully saturated rings. The zero-order valence-electron chi connectivity index (χ0n) is 12.7. The molecule has 0 saturated carbocycles. The normalized spacial score (nSPS) is 28.4. The lowest BCUT2D eigenvalue weighted by molar-refractivity contribution is -0.141. The second kappa shape index (κ2) is 6.34. The summed E-state index contributed by atoms with van der Waals surface area (Å²) in [7, 11) is -3.00. The van der Waals surface area contributed by atoms with Crippen molar-refractivity contribution in [1.82, 2.24) is 9.80 Å². The van der Waals surface area contributed by atoms with E-state index in [1.54, 1.807) is 9.80 Å². The van der Waals surface area contributed by atoms with Crippen LogP contribution in [-0.2, 0) is 19.4 Å². The van der Waals surface area contributed by atoms with Gasteiger partial charge in [0.2, 0.25) is 11.8 Å². The number of hydrogen-bond acceptors (Lipinski definition) is 4. The molecule has 2 atom stereocenters. The summed E-state index contributed by atoms with van der Waals surface area (Å²) in [6, 6.07) is -0.194. The average molecular weight is 316 g/mol. The van der Waals surface area contributed by atoms with Gasteiger partial charge in [0.1, 0.15) is 0 Å². The SMILES string of the molecule is CCN(C(=O)C1CCCN(C(C)=O)C1)C1CCS(=O)(=O)C1. The van der Waals surface area contributed by atoms with Gasteiger partial charge in [0.15, 0.2) is 9.84 Å². The van der Waals surface area contributed by atoms with Crippen LogP contribution in [0.15, 0.2) is 0 Å². The van der Waals surface area contributed by atoms with E-state index >= 15 is 0 Å². The smallest absolute Gasteiger partial charge is 0.227 e. The van der Waals surface area contributed by atoms with Crippen molar-refractivity contribution in [2.75, 3.05) is 31.1 Å². The van der Waals surface area contributed by atoms with Crippen molar-refractivity contribution in [3.05, 3.63) is 0 Å². The van der Waals surface area contributed by atoms with Crippen molar-refractivity contribution in [2.24, 2.45) is 5.92 Å². The Morgan fingerprint density at radius 3 is 2.52 bits per heavy atom. The molecule has 7 heteroatoms. The molecule has 0 spiro atoms. The maximum absolute atomic E-state index is 12.7. The van der Waals surface area contributed by atoms with Crippen LogP contribution in [0.5, 0.6) is 0 Å². The first kappa shape index (κ1) is 16.3. The molecule has 2 saturated heterocycles. The van der Waals surface area contributed by atoms with E-state index in [2.05, 4.69) is 0 Å². The zero-order valence-corrected chi connectivity index (χ0v) is 13.6. The largest absolute Gasteiger partial charge is 0.342 e. The lowest BCUT2D eigenvalue weighted by Crippen LogP contribution is -2.49. The molecule has 2 unspecified atom stereocenters. The molecule has 21 heavy (non-hydrogen) atoms. The van der Waals surface area contributed by atoms with E-state index in [4.69, 9.17) is 0 Å². The Balaban J connectivity index is 2.04. The molecule has 0 aromatic carbocycles. The van der Waals surface area contributed by atoms with E-state index in [-0.39, 0.29) is 35.3 Å². The highest BCUT2D eigenvalue weighted by Gasteiger charge is 2.37. The van der Waals surface area contributed by atoms with E-state index in [1.807, 2.05) is 6.92 Å². The van der Waals surface area contributed by atoms with Crippen LogP contribution in [0.1, 0.15) is 33.1 Å². The molecule has 120 valence electrons. The first-order valence-electron chi connectivity index (χ1n) is 7.60. The van der Waals surface area contributed by atoms with Crippen LogP contribution >= 0.6 is 0 Å². The number of amides is 2. The van der Waals surface area contributed by atoms with Gasteiger partial charge in [-0.2, -0.15) is 0 Å². The predicted molar refractivity (Wildman–Crippen MR) is 79.4 cm³/mol. The zero-order chi connectivity index (χ0) is 15.6. The summed E-state index contributed by atoms with van der Waals surface area (Å²) in [5.74, 6) is 0.0666. The van der Waals surface area contributed by atoms with E-state index in [9.17, 15) is 18.0 Å². The maximum Gasteiger partial charge on any atom is 0.227 e. The number of carbonyl (C=O) groups excluding carboxylic acids is 2. The fourth-order valence-electron chi connectivity index (χ4n) is 3.31. The minimum absolute atomic E-state index is 0.000933. The molecule has 0 aliphatic carbocycles. The number of piperidine rings is 1. The van der Waals surface area contributed by atoms with Gasteiger partial charge in [-0.3, -0.25) is 9.59 Å². The first-order valence-corrected chi connectivity index (χ1v) is 9.42. The molecule has 0 bridgehead atoms. The van der Waals surface area contributed by atoms with Crippen LogP contribution < -0.4 is 0 Å². The molecule has 2 aliphatic rings. The Bertz CT molecular complexity index is 517. The molecular formula is C14H24N2O4S. The van der Waals surface area contributed by atoms with Crippen molar-refractivity contribution in [3.63, 3.8) is 0 Å². The number of likely N-dealkylation sites (tertiary alicyclic amines) is 1. The van der Waals surface area contributed by atoms with Crippen LogP contribution in [-0.4, -0.2) is 67.2 Å². The van der Waals surface area contributed by atoms with Crippen LogP contribution in [0, 0.1) is 5.92 Å². The first-order chi connectivity index (χ1) is 9.84. The van der Waals surface area contributed by atoms with Crippen molar-refractivity contribution in [1.29, 1.82) is 0 Å². The van der Waals surface area contributed by atoms with Gasteiger partial charge in [0, 0.05) is 32.6 Å². The fourth-order valence-corrected chi connectivity index (χ4v) is 5.05. The third-order valence-electron chi connectivity index (χ3n) is 4.49. The van der Waals surface area contributed by atoms with Gasteiger partial charge in [-0.05, 0) is 26.2 Å². The van der Waals surface area contributed by atoms with Gasteiger partial charge < -0.3 is 9.80 Å². The highest BCUT2D eigenvalue weighted by molar-refractivity contribution is 7.91. The number of sulfone groups is 1. The highest BCUT2D eigenvalue weighted by atomic mass is 32.2. The standard InChI is InChI=1S/C14H24N2O4S/c1-3-16(13-6-8-21(19,20)10-13)14(18)12-5-4-7-15(9-12)11(2)17/h12-13H,3-10H2,1-2H3. The van der Waals surface area contributed by atoms with Crippen molar-refractivity contribution in [2.45, 2.75) is 39.2 Å². The second-order valence-corrected chi connectivity index (χ2v) is 8.21. The number of hydrogen-bond donors (Lipinski definition) is 0. The van der Waals surface area contributed by atoms with Crippen LogP contribution in [0.4, 0.5) is 0 Å². The molecule has 0 radical (unpaired) electrons. The molecule has 2 rings (SSSR count). The molecule has 2 heterocycles. The van der Waals surface area contributed by atoms with Gasteiger partial charge >= 0.3 is 0 Å². The molecule has 2 aliphatic heterocycles. The molecule has 6 nitrogen and oxygen atoms in total. The summed E-state index contributed by atoms with van der Waals surface area (Å²) in [5.41, 5.74) is 0. The lowest BCUT2D eigenvalue weighted by Gasteiger charge is -2.36. The molecule has 0 N–H and O–H groups in total.